The Hall–Kier alpha value is -2.47. The lowest BCUT2D eigenvalue weighted by Gasteiger charge is -2.10. The molecule has 1 aliphatic heterocycles. The Morgan fingerprint density at radius 2 is 2.30 bits per heavy atom. The third-order valence-corrected chi connectivity index (χ3v) is 3.33. The molecule has 1 aromatic carbocycles. The van der Waals surface area contributed by atoms with E-state index in [1.165, 1.54) is 17.8 Å². The molecule has 0 aromatic heterocycles. The smallest absolute Gasteiger partial charge is 0.247 e. The largest absolute Gasteiger partial charge is 0.440 e. The molecule has 102 valence electrons. The summed E-state index contributed by atoms with van der Waals surface area (Å²) in [6.45, 7) is 3.38. The van der Waals surface area contributed by atoms with Crippen molar-refractivity contribution in [2.45, 2.75) is 0 Å². The molecule has 6 heteroatoms. The fourth-order valence-electron chi connectivity index (χ4n) is 1.50. The van der Waals surface area contributed by atoms with E-state index in [1.54, 1.807) is 35.7 Å². The molecule has 0 spiro atoms. The minimum atomic E-state index is -0.300. The molecule has 2 rings (SSSR count). The zero-order chi connectivity index (χ0) is 14.5. The molecule has 0 saturated heterocycles. The number of allylic oxidation sites excluding steroid dienone is 2. The van der Waals surface area contributed by atoms with Crippen LogP contribution in [0.4, 0.5) is 5.69 Å². The summed E-state index contributed by atoms with van der Waals surface area (Å²) in [5.41, 5.74) is 6.73. The van der Waals surface area contributed by atoms with Crippen LogP contribution >= 0.6 is 11.8 Å². The number of thioether (sulfide) groups is 1. The summed E-state index contributed by atoms with van der Waals surface area (Å²) in [6, 6.07) is 6.82. The van der Waals surface area contributed by atoms with Crippen molar-refractivity contribution in [1.29, 1.82) is 5.41 Å². The molecule has 0 unspecified atom stereocenters. The first kappa shape index (κ1) is 14.0. The lowest BCUT2D eigenvalue weighted by Crippen LogP contribution is -2.11. The van der Waals surface area contributed by atoms with Crippen molar-refractivity contribution in [2.75, 3.05) is 5.32 Å². The summed E-state index contributed by atoms with van der Waals surface area (Å²) in [7, 11) is 0. The number of rotatable bonds is 4. The van der Waals surface area contributed by atoms with Gasteiger partial charge in [-0.1, -0.05) is 24.4 Å². The van der Waals surface area contributed by atoms with Gasteiger partial charge in [-0.3, -0.25) is 10.2 Å². The fourth-order valence-corrected chi connectivity index (χ4v) is 2.20. The number of amides is 1. The predicted octanol–water partition coefficient (Wildman–Crippen LogP) is 2.60. The van der Waals surface area contributed by atoms with E-state index in [4.69, 9.17) is 15.9 Å². The topological polar surface area (TPSA) is 88.2 Å². The highest BCUT2D eigenvalue weighted by molar-refractivity contribution is 8.07. The van der Waals surface area contributed by atoms with Crippen molar-refractivity contribution in [3.63, 3.8) is 0 Å². The molecule has 1 heterocycles. The predicted molar refractivity (Wildman–Crippen MR) is 81.6 cm³/mol. The van der Waals surface area contributed by atoms with Crippen molar-refractivity contribution in [2.24, 2.45) is 5.73 Å². The van der Waals surface area contributed by atoms with Crippen molar-refractivity contribution in [1.82, 2.24) is 0 Å². The standard InChI is InChI=1S/C14H13N3O2S/c1-2-12(18)17-9-4-3-5-10(8-9)19-14(16)13-11(15)6-7-20-13/h2-8,15H,1,16H2,(H,17,18)/b14-13-,15-11?. The van der Waals surface area contributed by atoms with E-state index in [0.717, 1.165) is 0 Å². The molecule has 1 aromatic rings. The number of nitrogens with two attached hydrogens (primary N) is 1. The average Bonchev–Trinajstić information content (AvgIpc) is 2.85. The summed E-state index contributed by atoms with van der Waals surface area (Å²) in [5.74, 6) is 0.347. The van der Waals surface area contributed by atoms with Crippen molar-refractivity contribution in [3.05, 3.63) is 59.2 Å². The number of nitrogens with one attached hydrogen (secondary N) is 2. The number of hydrogen-bond acceptors (Lipinski definition) is 5. The van der Waals surface area contributed by atoms with Crippen LogP contribution in [0.1, 0.15) is 0 Å². The molecule has 0 aliphatic carbocycles. The van der Waals surface area contributed by atoms with Crippen molar-refractivity contribution >= 4 is 29.1 Å². The highest BCUT2D eigenvalue weighted by Gasteiger charge is 2.14. The van der Waals surface area contributed by atoms with Gasteiger partial charge in [-0.25, -0.2) is 0 Å². The second-order valence-corrected chi connectivity index (χ2v) is 4.77. The first-order chi connectivity index (χ1) is 9.60. The highest BCUT2D eigenvalue weighted by atomic mass is 32.2. The zero-order valence-electron chi connectivity index (χ0n) is 10.6. The number of benzene rings is 1. The van der Waals surface area contributed by atoms with Crippen LogP contribution in [0.15, 0.2) is 59.2 Å². The number of carbonyl (C=O) groups is 1. The van der Waals surface area contributed by atoms with Gasteiger partial charge in [0.15, 0.2) is 0 Å². The van der Waals surface area contributed by atoms with Gasteiger partial charge >= 0.3 is 0 Å². The molecule has 0 radical (unpaired) electrons. The van der Waals surface area contributed by atoms with E-state index >= 15 is 0 Å². The third-order valence-electron chi connectivity index (χ3n) is 2.40. The maximum Gasteiger partial charge on any atom is 0.247 e. The second-order valence-electron chi connectivity index (χ2n) is 3.85. The van der Waals surface area contributed by atoms with Gasteiger partial charge in [0.2, 0.25) is 11.8 Å². The highest BCUT2D eigenvalue weighted by Crippen LogP contribution is 2.28. The molecular weight excluding hydrogens is 274 g/mol. The number of hydrogen-bond donors (Lipinski definition) is 3. The van der Waals surface area contributed by atoms with Gasteiger partial charge in [-0.15, -0.1) is 0 Å². The summed E-state index contributed by atoms with van der Waals surface area (Å²) in [6.07, 6.45) is 2.84. The van der Waals surface area contributed by atoms with E-state index in [9.17, 15) is 4.79 Å². The van der Waals surface area contributed by atoms with Gasteiger partial charge in [0.1, 0.15) is 5.75 Å². The molecule has 0 fully saturated rings. The van der Waals surface area contributed by atoms with E-state index in [-0.39, 0.29) is 11.8 Å². The molecule has 4 N–H and O–H groups in total. The minimum absolute atomic E-state index is 0.164. The first-order valence-corrected chi connectivity index (χ1v) is 6.61. The maximum atomic E-state index is 11.2. The molecule has 0 saturated carbocycles. The maximum absolute atomic E-state index is 11.2. The molecule has 20 heavy (non-hydrogen) atoms. The van der Waals surface area contributed by atoms with E-state index in [1.807, 2.05) is 0 Å². The van der Waals surface area contributed by atoms with Crippen molar-refractivity contribution in [3.8, 4) is 5.75 Å². The number of ether oxygens (including phenoxy) is 1. The quantitative estimate of drug-likeness (QED) is 0.586. The Morgan fingerprint density at radius 3 is 2.95 bits per heavy atom. The van der Waals surface area contributed by atoms with Gasteiger partial charge in [0.25, 0.3) is 0 Å². The van der Waals surface area contributed by atoms with Gasteiger partial charge in [0.05, 0.1) is 10.6 Å². The summed E-state index contributed by atoms with van der Waals surface area (Å²) in [5, 5.41) is 12.1. The Balaban J connectivity index is 2.14. The normalized spacial score (nSPS) is 15.9. The minimum Gasteiger partial charge on any atom is -0.440 e. The van der Waals surface area contributed by atoms with Crippen LogP contribution in [0.5, 0.6) is 5.75 Å². The van der Waals surface area contributed by atoms with Crippen LogP contribution in [-0.2, 0) is 4.79 Å². The molecule has 1 amide bonds. The molecule has 1 aliphatic rings. The van der Waals surface area contributed by atoms with Gasteiger partial charge in [-0.2, -0.15) is 0 Å². The summed E-state index contributed by atoms with van der Waals surface area (Å²) in [4.78, 5) is 11.8. The lowest BCUT2D eigenvalue weighted by molar-refractivity contribution is -0.111. The van der Waals surface area contributed by atoms with Crippen LogP contribution < -0.4 is 15.8 Å². The monoisotopic (exact) mass is 287 g/mol. The zero-order valence-corrected chi connectivity index (χ0v) is 11.4. The number of carbonyl (C=O) groups excluding carboxylic acids is 1. The molecule has 0 atom stereocenters. The third kappa shape index (κ3) is 3.30. The molecule has 0 bridgehead atoms. The van der Waals surface area contributed by atoms with Crippen molar-refractivity contribution < 1.29 is 9.53 Å². The van der Waals surface area contributed by atoms with E-state index in [0.29, 0.717) is 22.1 Å². The lowest BCUT2D eigenvalue weighted by atomic mass is 10.3. The summed E-state index contributed by atoms with van der Waals surface area (Å²) < 4.78 is 5.50. The van der Waals surface area contributed by atoms with Gasteiger partial charge in [-0.05, 0) is 29.7 Å². The SMILES string of the molecule is C=CC(=O)Nc1cccc(O/C(N)=C2\SC=CC2=N)c1. The van der Waals surface area contributed by atoms with Crippen LogP contribution in [-0.4, -0.2) is 11.6 Å². The molecule has 5 nitrogen and oxygen atoms in total. The Kier molecular flexibility index (Phi) is 4.27. The number of anilines is 1. The van der Waals surface area contributed by atoms with Crippen LogP contribution in [0, 0.1) is 5.41 Å². The Bertz CT molecular complexity index is 635. The summed E-state index contributed by atoms with van der Waals surface area (Å²) >= 11 is 1.34. The Labute approximate surface area is 120 Å². The van der Waals surface area contributed by atoms with Crippen LogP contribution in [0.3, 0.4) is 0 Å². The van der Waals surface area contributed by atoms with Gasteiger partial charge in [0, 0.05) is 11.8 Å². The van der Waals surface area contributed by atoms with E-state index < -0.39 is 0 Å². The van der Waals surface area contributed by atoms with Gasteiger partial charge < -0.3 is 15.8 Å². The van der Waals surface area contributed by atoms with E-state index in [2.05, 4.69) is 11.9 Å². The first-order valence-electron chi connectivity index (χ1n) is 5.73. The Morgan fingerprint density at radius 1 is 1.50 bits per heavy atom. The fraction of sp³-hybridized carbons (Fsp3) is 0. The van der Waals surface area contributed by atoms with Crippen LogP contribution in [0.25, 0.3) is 0 Å². The average molecular weight is 287 g/mol. The second kappa shape index (κ2) is 6.12. The van der Waals surface area contributed by atoms with Crippen LogP contribution in [0.2, 0.25) is 0 Å². The molecular formula is C14H13N3O2S.